The molecule has 2 rings (SSSR count). The quantitative estimate of drug-likeness (QED) is 0.840. The molecule has 2 aromatic heterocycles. The zero-order valence-electron chi connectivity index (χ0n) is 11.3. The van der Waals surface area contributed by atoms with Gasteiger partial charge in [-0.2, -0.15) is 15.4 Å². The van der Waals surface area contributed by atoms with E-state index in [1.807, 2.05) is 13.8 Å². The van der Waals surface area contributed by atoms with Crippen molar-refractivity contribution < 1.29 is 14.3 Å². The summed E-state index contributed by atoms with van der Waals surface area (Å²) in [7, 11) is 0. The molecule has 2 N–H and O–H groups in total. The maximum atomic E-state index is 12.0. The predicted molar refractivity (Wildman–Crippen MR) is 74.1 cm³/mol. The number of thiophene rings is 1. The van der Waals surface area contributed by atoms with Crippen molar-refractivity contribution in [3.63, 3.8) is 0 Å². The first-order chi connectivity index (χ1) is 9.54. The van der Waals surface area contributed by atoms with E-state index < -0.39 is 11.9 Å². The highest BCUT2D eigenvalue weighted by atomic mass is 32.1. The average Bonchev–Trinajstić information content (AvgIpc) is 3.00. The molecule has 0 aliphatic rings. The monoisotopic (exact) mass is 294 g/mol. The van der Waals surface area contributed by atoms with E-state index in [1.165, 1.54) is 17.5 Å². The molecule has 0 spiro atoms. The van der Waals surface area contributed by atoms with Gasteiger partial charge in [-0.15, -0.1) is 11.3 Å². The second-order valence-corrected chi connectivity index (χ2v) is 5.24. The minimum atomic E-state index is -0.440. The van der Waals surface area contributed by atoms with Gasteiger partial charge in [-0.1, -0.05) is 0 Å². The van der Waals surface area contributed by atoms with E-state index in [2.05, 4.69) is 20.7 Å². The van der Waals surface area contributed by atoms with Crippen LogP contribution in [-0.2, 0) is 4.74 Å². The van der Waals surface area contributed by atoms with Crippen LogP contribution in [0.25, 0.3) is 0 Å². The molecule has 0 aromatic carbocycles. The minimum absolute atomic E-state index is 0.156. The molecule has 2 aromatic rings. The lowest BCUT2D eigenvalue weighted by molar-refractivity contribution is 0.0527. The number of nitrogens with zero attached hydrogens (tertiary/aromatic N) is 2. The van der Waals surface area contributed by atoms with E-state index in [-0.39, 0.29) is 12.3 Å². The van der Waals surface area contributed by atoms with E-state index in [4.69, 9.17) is 4.74 Å². The Bertz CT molecular complexity index is 633. The Balaban J connectivity index is 2.30. The number of ether oxygens (including phenoxy) is 1. The minimum Gasteiger partial charge on any atom is -0.462 e. The first kappa shape index (κ1) is 14.2. The SMILES string of the molecule is CCOC(=O)c1c(NC(=O)c2cn[nH]n2)sc(C)c1C. The molecular weight excluding hydrogens is 280 g/mol. The van der Waals surface area contributed by atoms with Crippen molar-refractivity contribution in [3.8, 4) is 0 Å². The topological polar surface area (TPSA) is 97.0 Å². The third-order valence-electron chi connectivity index (χ3n) is 2.74. The van der Waals surface area contributed by atoms with Crippen molar-refractivity contribution >= 4 is 28.2 Å². The van der Waals surface area contributed by atoms with Gasteiger partial charge in [0.1, 0.15) is 5.00 Å². The molecule has 20 heavy (non-hydrogen) atoms. The first-order valence-corrected chi connectivity index (χ1v) is 6.80. The summed E-state index contributed by atoms with van der Waals surface area (Å²) in [6.45, 7) is 5.72. The fraction of sp³-hybridized carbons (Fsp3) is 0.333. The average molecular weight is 294 g/mol. The summed E-state index contributed by atoms with van der Waals surface area (Å²) in [4.78, 5) is 24.9. The molecule has 0 saturated carbocycles. The lowest BCUT2D eigenvalue weighted by Crippen LogP contribution is -2.15. The van der Waals surface area contributed by atoms with Crippen LogP contribution in [0, 0.1) is 13.8 Å². The van der Waals surface area contributed by atoms with E-state index in [0.29, 0.717) is 10.6 Å². The van der Waals surface area contributed by atoms with Gasteiger partial charge >= 0.3 is 5.97 Å². The molecule has 0 aliphatic carbocycles. The number of hydrogen-bond acceptors (Lipinski definition) is 6. The second-order valence-electron chi connectivity index (χ2n) is 4.02. The van der Waals surface area contributed by atoms with Gasteiger partial charge in [-0.25, -0.2) is 4.79 Å². The van der Waals surface area contributed by atoms with Gasteiger partial charge in [-0.05, 0) is 26.3 Å². The van der Waals surface area contributed by atoms with Crippen LogP contribution in [0.15, 0.2) is 6.20 Å². The number of rotatable bonds is 4. The number of hydrogen-bond donors (Lipinski definition) is 2. The number of amides is 1. The molecule has 0 aliphatic heterocycles. The van der Waals surface area contributed by atoms with Crippen LogP contribution in [0.3, 0.4) is 0 Å². The largest absolute Gasteiger partial charge is 0.462 e. The summed E-state index contributed by atoms with van der Waals surface area (Å²) < 4.78 is 5.02. The molecule has 8 heteroatoms. The van der Waals surface area contributed by atoms with E-state index in [1.54, 1.807) is 6.92 Å². The molecule has 0 unspecified atom stereocenters. The van der Waals surface area contributed by atoms with Crippen LogP contribution in [-0.4, -0.2) is 33.9 Å². The lowest BCUT2D eigenvalue weighted by Gasteiger charge is -2.05. The van der Waals surface area contributed by atoms with Gasteiger partial charge in [0.05, 0.1) is 18.4 Å². The molecule has 2 heterocycles. The number of carbonyl (C=O) groups excluding carboxylic acids is 2. The lowest BCUT2D eigenvalue weighted by atomic mass is 10.1. The summed E-state index contributed by atoms with van der Waals surface area (Å²) in [6.07, 6.45) is 1.31. The third kappa shape index (κ3) is 2.69. The summed E-state index contributed by atoms with van der Waals surface area (Å²) >= 11 is 1.33. The number of anilines is 1. The number of aryl methyl sites for hydroxylation is 1. The molecule has 7 nitrogen and oxygen atoms in total. The van der Waals surface area contributed by atoms with Gasteiger partial charge in [0.25, 0.3) is 5.91 Å². The Morgan fingerprint density at radius 2 is 2.20 bits per heavy atom. The fourth-order valence-corrected chi connectivity index (χ4v) is 2.69. The highest BCUT2D eigenvalue weighted by molar-refractivity contribution is 7.16. The van der Waals surface area contributed by atoms with Crippen molar-refractivity contribution in [2.45, 2.75) is 20.8 Å². The Kier molecular flexibility index (Phi) is 4.14. The Labute approximate surface area is 119 Å². The fourth-order valence-electron chi connectivity index (χ4n) is 1.64. The summed E-state index contributed by atoms with van der Waals surface area (Å²) in [6, 6.07) is 0. The zero-order chi connectivity index (χ0) is 14.7. The number of aromatic nitrogens is 3. The summed E-state index contributed by atoms with van der Waals surface area (Å²) in [5, 5.41) is 12.8. The molecule has 0 fully saturated rings. The number of H-pyrrole nitrogens is 1. The maximum Gasteiger partial charge on any atom is 0.341 e. The second kappa shape index (κ2) is 5.83. The van der Waals surface area contributed by atoms with Crippen LogP contribution in [0.5, 0.6) is 0 Å². The van der Waals surface area contributed by atoms with Crippen LogP contribution in [0.2, 0.25) is 0 Å². The number of carbonyl (C=O) groups is 2. The van der Waals surface area contributed by atoms with E-state index in [9.17, 15) is 9.59 Å². The van der Waals surface area contributed by atoms with Gasteiger partial charge in [0.2, 0.25) is 0 Å². The standard InChI is InChI=1S/C12H14N4O3S/c1-4-19-12(18)9-6(2)7(3)20-11(9)14-10(17)8-5-13-16-15-8/h5H,4H2,1-3H3,(H,14,17)(H,13,15,16). The van der Waals surface area contributed by atoms with Crippen molar-refractivity contribution in [2.75, 3.05) is 11.9 Å². The first-order valence-electron chi connectivity index (χ1n) is 5.98. The van der Waals surface area contributed by atoms with E-state index >= 15 is 0 Å². The predicted octanol–water partition coefficient (Wildman–Crippen LogP) is 1.91. The van der Waals surface area contributed by atoms with Crippen LogP contribution in [0.1, 0.15) is 38.2 Å². The van der Waals surface area contributed by atoms with Crippen molar-refractivity contribution in [3.05, 3.63) is 27.9 Å². The number of aromatic amines is 1. The Morgan fingerprint density at radius 1 is 1.45 bits per heavy atom. The Hall–Kier alpha value is -2.22. The molecule has 0 saturated heterocycles. The molecule has 0 radical (unpaired) electrons. The Morgan fingerprint density at radius 3 is 2.80 bits per heavy atom. The highest BCUT2D eigenvalue weighted by Crippen LogP contribution is 2.33. The van der Waals surface area contributed by atoms with Crippen molar-refractivity contribution in [1.29, 1.82) is 0 Å². The maximum absolute atomic E-state index is 12.0. The number of nitrogens with one attached hydrogen (secondary N) is 2. The molecular formula is C12H14N4O3S. The van der Waals surface area contributed by atoms with Crippen molar-refractivity contribution in [2.24, 2.45) is 0 Å². The summed E-state index contributed by atoms with van der Waals surface area (Å²) in [5.74, 6) is -0.865. The molecule has 0 bridgehead atoms. The van der Waals surface area contributed by atoms with E-state index in [0.717, 1.165) is 10.4 Å². The van der Waals surface area contributed by atoms with Gasteiger partial charge in [0, 0.05) is 4.88 Å². The zero-order valence-corrected chi connectivity index (χ0v) is 12.1. The van der Waals surface area contributed by atoms with Gasteiger partial charge in [-0.3, -0.25) is 4.79 Å². The number of esters is 1. The smallest absolute Gasteiger partial charge is 0.341 e. The third-order valence-corrected chi connectivity index (χ3v) is 3.86. The van der Waals surface area contributed by atoms with Crippen LogP contribution < -0.4 is 5.32 Å². The molecule has 106 valence electrons. The van der Waals surface area contributed by atoms with Gasteiger partial charge < -0.3 is 10.1 Å². The van der Waals surface area contributed by atoms with Crippen LogP contribution >= 0.6 is 11.3 Å². The van der Waals surface area contributed by atoms with Crippen LogP contribution in [0.4, 0.5) is 5.00 Å². The highest BCUT2D eigenvalue weighted by Gasteiger charge is 2.22. The molecule has 1 amide bonds. The summed E-state index contributed by atoms with van der Waals surface area (Å²) in [5.41, 5.74) is 1.36. The normalized spacial score (nSPS) is 10.3. The van der Waals surface area contributed by atoms with Gasteiger partial charge in [0.15, 0.2) is 5.69 Å². The van der Waals surface area contributed by atoms with Crippen molar-refractivity contribution in [1.82, 2.24) is 15.4 Å². The molecule has 0 atom stereocenters.